The second-order valence-electron chi connectivity index (χ2n) is 5.77. The van der Waals surface area contributed by atoms with Gasteiger partial charge in [0.2, 0.25) is 0 Å². The van der Waals surface area contributed by atoms with E-state index >= 15 is 0 Å². The third kappa shape index (κ3) is 4.25. The average molecular weight is 352 g/mol. The van der Waals surface area contributed by atoms with Crippen molar-refractivity contribution in [2.45, 2.75) is 24.7 Å². The number of nitrogens with one attached hydrogen (secondary N) is 1. The molecule has 1 heterocycles. The van der Waals surface area contributed by atoms with E-state index in [0.29, 0.717) is 23.1 Å². The fraction of sp³-hybridized carbons (Fsp3) is 0.333. The van der Waals surface area contributed by atoms with Crippen LogP contribution in [0.2, 0.25) is 10.0 Å². The van der Waals surface area contributed by atoms with Crippen LogP contribution < -0.4 is 5.32 Å². The summed E-state index contributed by atoms with van der Waals surface area (Å²) in [4.78, 5) is 0. The minimum absolute atomic E-state index is 0.0194. The van der Waals surface area contributed by atoms with Crippen molar-refractivity contribution in [3.05, 3.63) is 69.7 Å². The minimum Gasteiger partial charge on any atom is -0.389 e. The molecule has 2 aromatic carbocycles. The molecule has 0 spiro atoms. The molecule has 1 aliphatic heterocycles. The van der Waals surface area contributed by atoms with E-state index in [2.05, 4.69) is 17.4 Å². The van der Waals surface area contributed by atoms with Crippen molar-refractivity contribution in [2.24, 2.45) is 0 Å². The van der Waals surface area contributed by atoms with Crippen molar-refractivity contribution in [3.63, 3.8) is 0 Å². The minimum atomic E-state index is -0.631. The molecular weight excluding hydrogens is 333 g/mol. The van der Waals surface area contributed by atoms with Crippen LogP contribution in [0, 0.1) is 0 Å². The van der Waals surface area contributed by atoms with E-state index in [-0.39, 0.29) is 6.10 Å². The summed E-state index contributed by atoms with van der Waals surface area (Å²) < 4.78 is 6.19. The molecule has 122 valence electrons. The number of aliphatic hydroxyl groups is 1. The zero-order valence-corrected chi connectivity index (χ0v) is 14.1. The Hall–Kier alpha value is -1.10. The Kier molecular flexibility index (Phi) is 5.57. The first-order valence-corrected chi connectivity index (χ1v) is 8.42. The largest absolute Gasteiger partial charge is 0.389 e. The normalized spacial score (nSPS) is 25.1. The molecule has 0 aliphatic carbocycles. The van der Waals surface area contributed by atoms with Gasteiger partial charge in [0, 0.05) is 13.1 Å². The number of rotatable bonds is 3. The summed E-state index contributed by atoms with van der Waals surface area (Å²) in [6.07, 6.45) is -0.284. The van der Waals surface area contributed by atoms with Gasteiger partial charge in [0.15, 0.2) is 0 Å². The SMILES string of the molecule is OC1CNCC(Cc2ccccc2)OC1c1ccc(Cl)c(Cl)c1. The summed E-state index contributed by atoms with van der Waals surface area (Å²) in [5, 5.41) is 14.6. The second-order valence-corrected chi connectivity index (χ2v) is 6.58. The van der Waals surface area contributed by atoms with Crippen LogP contribution in [0.3, 0.4) is 0 Å². The zero-order chi connectivity index (χ0) is 16.2. The van der Waals surface area contributed by atoms with Gasteiger partial charge in [0.1, 0.15) is 6.10 Å². The maximum Gasteiger partial charge on any atom is 0.110 e. The molecule has 0 radical (unpaired) electrons. The standard InChI is InChI=1S/C18H19Cl2NO2/c19-15-7-6-13(9-16(15)20)18-17(22)11-21-10-14(23-18)8-12-4-2-1-3-5-12/h1-7,9,14,17-18,21-22H,8,10-11H2. The Labute approximate surface area is 146 Å². The summed E-state index contributed by atoms with van der Waals surface area (Å²) in [7, 11) is 0. The van der Waals surface area contributed by atoms with E-state index in [4.69, 9.17) is 27.9 Å². The van der Waals surface area contributed by atoms with Crippen molar-refractivity contribution >= 4 is 23.2 Å². The fourth-order valence-electron chi connectivity index (χ4n) is 2.83. The Bertz CT molecular complexity index is 651. The van der Waals surface area contributed by atoms with Crippen LogP contribution in [0.5, 0.6) is 0 Å². The lowest BCUT2D eigenvalue weighted by Gasteiger charge is -2.25. The van der Waals surface area contributed by atoms with Crippen LogP contribution in [-0.4, -0.2) is 30.4 Å². The van der Waals surface area contributed by atoms with E-state index < -0.39 is 12.2 Å². The summed E-state index contributed by atoms with van der Waals surface area (Å²) in [6, 6.07) is 15.6. The van der Waals surface area contributed by atoms with Crippen LogP contribution in [0.15, 0.2) is 48.5 Å². The number of halogens is 2. The predicted molar refractivity (Wildman–Crippen MR) is 93.1 cm³/mol. The lowest BCUT2D eigenvalue weighted by atomic mass is 10.0. The van der Waals surface area contributed by atoms with Gasteiger partial charge in [-0.2, -0.15) is 0 Å². The van der Waals surface area contributed by atoms with Crippen LogP contribution in [-0.2, 0) is 11.2 Å². The Morgan fingerprint density at radius 1 is 1.04 bits per heavy atom. The summed E-state index contributed by atoms with van der Waals surface area (Å²) in [6.45, 7) is 1.18. The van der Waals surface area contributed by atoms with E-state index in [1.165, 1.54) is 5.56 Å². The third-order valence-corrected chi connectivity index (χ3v) is 4.73. The average Bonchev–Trinajstić information content (AvgIpc) is 2.73. The van der Waals surface area contributed by atoms with Crippen molar-refractivity contribution in [3.8, 4) is 0 Å². The first-order valence-electron chi connectivity index (χ1n) is 7.66. The number of hydrogen-bond acceptors (Lipinski definition) is 3. The van der Waals surface area contributed by atoms with Gasteiger partial charge in [-0.1, -0.05) is 59.6 Å². The van der Waals surface area contributed by atoms with Crippen LogP contribution in [0.1, 0.15) is 17.2 Å². The molecule has 3 atom stereocenters. The fourth-order valence-corrected chi connectivity index (χ4v) is 3.14. The highest BCUT2D eigenvalue weighted by atomic mass is 35.5. The summed E-state index contributed by atoms with van der Waals surface area (Å²) in [5.41, 5.74) is 2.05. The van der Waals surface area contributed by atoms with Gasteiger partial charge in [0.05, 0.1) is 22.3 Å². The zero-order valence-electron chi connectivity index (χ0n) is 12.6. The molecule has 0 amide bonds. The van der Waals surface area contributed by atoms with Gasteiger partial charge in [-0.05, 0) is 29.7 Å². The van der Waals surface area contributed by atoms with Gasteiger partial charge < -0.3 is 15.2 Å². The number of benzene rings is 2. The summed E-state index contributed by atoms with van der Waals surface area (Å²) in [5.74, 6) is 0. The van der Waals surface area contributed by atoms with Crippen molar-refractivity contribution in [1.82, 2.24) is 5.32 Å². The Balaban J connectivity index is 1.79. The highest BCUT2D eigenvalue weighted by Gasteiger charge is 2.29. The van der Waals surface area contributed by atoms with Gasteiger partial charge in [0.25, 0.3) is 0 Å². The van der Waals surface area contributed by atoms with Crippen molar-refractivity contribution in [1.29, 1.82) is 0 Å². The number of β-amino-alcohol motifs (C(OH)–C–C–N with tert-alkyl or cyclic N) is 1. The molecule has 3 unspecified atom stereocenters. The smallest absolute Gasteiger partial charge is 0.110 e. The quantitative estimate of drug-likeness (QED) is 0.887. The predicted octanol–water partition coefficient (Wildman–Crippen LogP) is 3.63. The molecule has 5 heteroatoms. The van der Waals surface area contributed by atoms with Gasteiger partial charge in [-0.25, -0.2) is 0 Å². The van der Waals surface area contributed by atoms with E-state index in [9.17, 15) is 5.11 Å². The molecule has 2 aromatic rings. The van der Waals surface area contributed by atoms with Gasteiger partial charge in [-0.3, -0.25) is 0 Å². The molecule has 0 aromatic heterocycles. The van der Waals surface area contributed by atoms with E-state index in [0.717, 1.165) is 12.0 Å². The molecule has 2 N–H and O–H groups in total. The van der Waals surface area contributed by atoms with Crippen molar-refractivity contribution < 1.29 is 9.84 Å². The van der Waals surface area contributed by atoms with E-state index in [1.54, 1.807) is 12.1 Å². The third-order valence-electron chi connectivity index (χ3n) is 3.99. The molecule has 3 nitrogen and oxygen atoms in total. The maximum atomic E-state index is 10.4. The maximum absolute atomic E-state index is 10.4. The molecular formula is C18H19Cl2NO2. The first-order chi connectivity index (χ1) is 11.1. The van der Waals surface area contributed by atoms with Crippen LogP contribution >= 0.6 is 23.2 Å². The lowest BCUT2D eigenvalue weighted by Crippen LogP contribution is -2.29. The summed E-state index contributed by atoms with van der Waals surface area (Å²) >= 11 is 12.1. The van der Waals surface area contributed by atoms with E-state index in [1.807, 2.05) is 24.3 Å². The van der Waals surface area contributed by atoms with Gasteiger partial charge in [-0.15, -0.1) is 0 Å². The number of aliphatic hydroxyl groups excluding tert-OH is 1. The number of hydrogen-bond donors (Lipinski definition) is 2. The number of ether oxygens (including phenoxy) is 1. The second kappa shape index (κ2) is 7.65. The van der Waals surface area contributed by atoms with Gasteiger partial charge >= 0.3 is 0 Å². The molecule has 3 rings (SSSR count). The lowest BCUT2D eigenvalue weighted by molar-refractivity contribution is -0.0592. The molecule has 0 saturated carbocycles. The molecule has 1 fully saturated rings. The van der Waals surface area contributed by atoms with Crippen LogP contribution in [0.4, 0.5) is 0 Å². The first kappa shape index (κ1) is 16.7. The highest BCUT2D eigenvalue weighted by Crippen LogP contribution is 2.31. The van der Waals surface area contributed by atoms with Crippen LogP contribution in [0.25, 0.3) is 0 Å². The molecule has 23 heavy (non-hydrogen) atoms. The van der Waals surface area contributed by atoms with Crippen molar-refractivity contribution in [2.75, 3.05) is 13.1 Å². The monoisotopic (exact) mass is 351 g/mol. The Morgan fingerprint density at radius 3 is 2.57 bits per heavy atom. The highest BCUT2D eigenvalue weighted by molar-refractivity contribution is 6.42. The molecule has 0 bridgehead atoms. The molecule has 1 saturated heterocycles. The molecule has 1 aliphatic rings. The Morgan fingerprint density at radius 2 is 1.83 bits per heavy atom. The topological polar surface area (TPSA) is 41.5 Å².